The van der Waals surface area contributed by atoms with Gasteiger partial charge < -0.3 is 14.8 Å². The molecule has 1 N–H and O–H groups in total. The van der Waals surface area contributed by atoms with E-state index in [1.807, 2.05) is 18.2 Å². The second kappa shape index (κ2) is 10.1. The number of methoxy groups -OCH3 is 2. The van der Waals surface area contributed by atoms with Crippen LogP contribution in [0.3, 0.4) is 0 Å². The monoisotopic (exact) mass is 307 g/mol. The van der Waals surface area contributed by atoms with E-state index in [4.69, 9.17) is 9.47 Å². The molecule has 4 heteroatoms. The molecule has 1 aromatic carbocycles. The van der Waals surface area contributed by atoms with E-state index < -0.39 is 0 Å². The zero-order valence-corrected chi connectivity index (χ0v) is 14.3. The molecule has 124 valence electrons. The molecule has 0 aliphatic heterocycles. The quantitative estimate of drug-likeness (QED) is 0.670. The van der Waals surface area contributed by atoms with Crippen molar-refractivity contribution in [3.63, 3.8) is 0 Å². The van der Waals surface area contributed by atoms with Crippen LogP contribution in [-0.4, -0.2) is 26.2 Å². The normalized spacial score (nSPS) is 11.8. The molecule has 0 spiro atoms. The van der Waals surface area contributed by atoms with Crippen LogP contribution < -0.4 is 14.8 Å². The van der Waals surface area contributed by atoms with Crippen LogP contribution in [0, 0.1) is 0 Å². The molecule has 1 atom stereocenters. The average molecular weight is 307 g/mol. The van der Waals surface area contributed by atoms with Crippen LogP contribution in [0.2, 0.25) is 0 Å². The van der Waals surface area contributed by atoms with Crippen LogP contribution in [0.4, 0.5) is 0 Å². The van der Waals surface area contributed by atoms with Crippen LogP contribution in [0.25, 0.3) is 0 Å². The van der Waals surface area contributed by atoms with Crippen molar-refractivity contribution in [1.82, 2.24) is 5.32 Å². The SMILES string of the molecule is CCCCCCC(C)NC(=O)Cc1cc(OC)ccc1OC. The van der Waals surface area contributed by atoms with Crippen molar-refractivity contribution in [3.8, 4) is 11.5 Å². The van der Waals surface area contributed by atoms with E-state index in [9.17, 15) is 4.79 Å². The summed E-state index contributed by atoms with van der Waals surface area (Å²) in [6.07, 6.45) is 6.23. The lowest BCUT2D eigenvalue weighted by molar-refractivity contribution is -0.121. The molecule has 0 aliphatic rings. The fourth-order valence-electron chi connectivity index (χ4n) is 2.47. The first-order valence-corrected chi connectivity index (χ1v) is 8.11. The van der Waals surface area contributed by atoms with Gasteiger partial charge in [0.05, 0.1) is 20.6 Å². The Labute approximate surface area is 134 Å². The van der Waals surface area contributed by atoms with E-state index in [0.29, 0.717) is 12.2 Å². The summed E-state index contributed by atoms with van der Waals surface area (Å²) in [5.41, 5.74) is 0.845. The number of amides is 1. The number of hydrogen-bond acceptors (Lipinski definition) is 3. The van der Waals surface area contributed by atoms with Crippen molar-refractivity contribution in [2.75, 3.05) is 14.2 Å². The highest BCUT2D eigenvalue weighted by Gasteiger charge is 2.12. The van der Waals surface area contributed by atoms with E-state index in [-0.39, 0.29) is 11.9 Å². The molecular weight excluding hydrogens is 278 g/mol. The number of carbonyl (C=O) groups is 1. The van der Waals surface area contributed by atoms with Crippen molar-refractivity contribution >= 4 is 5.91 Å². The number of unbranched alkanes of at least 4 members (excludes halogenated alkanes) is 3. The minimum absolute atomic E-state index is 0.0227. The maximum absolute atomic E-state index is 12.2. The molecule has 22 heavy (non-hydrogen) atoms. The van der Waals surface area contributed by atoms with E-state index in [0.717, 1.165) is 24.2 Å². The second-order valence-corrected chi connectivity index (χ2v) is 5.67. The zero-order valence-electron chi connectivity index (χ0n) is 14.3. The maximum atomic E-state index is 12.2. The third-order valence-corrected chi connectivity index (χ3v) is 3.74. The van der Waals surface area contributed by atoms with E-state index in [2.05, 4.69) is 19.2 Å². The summed E-state index contributed by atoms with van der Waals surface area (Å²) in [6, 6.07) is 5.72. The molecule has 0 aromatic heterocycles. The van der Waals surface area contributed by atoms with Gasteiger partial charge in [0, 0.05) is 11.6 Å². The molecule has 0 fully saturated rings. The first kappa shape index (κ1) is 18.3. The van der Waals surface area contributed by atoms with Gasteiger partial charge in [-0.15, -0.1) is 0 Å². The maximum Gasteiger partial charge on any atom is 0.224 e. The van der Waals surface area contributed by atoms with Crippen LogP contribution in [0.5, 0.6) is 11.5 Å². The molecule has 0 saturated carbocycles. The molecule has 0 bridgehead atoms. The number of hydrogen-bond donors (Lipinski definition) is 1. The van der Waals surface area contributed by atoms with E-state index in [1.165, 1.54) is 19.3 Å². The van der Waals surface area contributed by atoms with Gasteiger partial charge in [0.15, 0.2) is 0 Å². The summed E-state index contributed by atoms with van der Waals surface area (Å²) in [7, 11) is 3.23. The number of benzene rings is 1. The highest BCUT2D eigenvalue weighted by atomic mass is 16.5. The Morgan fingerprint density at radius 2 is 1.95 bits per heavy atom. The minimum atomic E-state index is 0.0227. The minimum Gasteiger partial charge on any atom is -0.497 e. The predicted octanol–water partition coefficient (Wildman–Crippen LogP) is 3.72. The second-order valence-electron chi connectivity index (χ2n) is 5.67. The fraction of sp³-hybridized carbons (Fsp3) is 0.611. The Balaban J connectivity index is 2.50. The van der Waals surface area contributed by atoms with Crippen LogP contribution in [0.1, 0.15) is 51.5 Å². The lowest BCUT2D eigenvalue weighted by Gasteiger charge is -2.15. The Hall–Kier alpha value is -1.71. The standard InChI is InChI=1S/C18H29NO3/c1-5-6-7-8-9-14(2)19-18(20)13-15-12-16(21-3)10-11-17(15)22-4/h10-12,14H,5-9,13H2,1-4H3,(H,19,20). The van der Waals surface area contributed by atoms with Gasteiger partial charge in [-0.2, -0.15) is 0 Å². The Morgan fingerprint density at radius 1 is 1.18 bits per heavy atom. The summed E-state index contributed by atoms with van der Waals surface area (Å²) < 4.78 is 10.5. The van der Waals surface area contributed by atoms with Crippen LogP contribution >= 0.6 is 0 Å². The van der Waals surface area contributed by atoms with Gasteiger partial charge in [-0.3, -0.25) is 4.79 Å². The van der Waals surface area contributed by atoms with Crippen molar-refractivity contribution in [2.45, 2.75) is 58.4 Å². The van der Waals surface area contributed by atoms with Crippen molar-refractivity contribution in [3.05, 3.63) is 23.8 Å². The largest absolute Gasteiger partial charge is 0.497 e. The molecule has 0 saturated heterocycles. The molecule has 1 rings (SSSR count). The Kier molecular flexibility index (Phi) is 8.41. The number of ether oxygens (including phenoxy) is 2. The molecule has 0 aliphatic carbocycles. The lowest BCUT2D eigenvalue weighted by atomic mass is 10.1. The Bertz CT molecular complexity index is 460. The zero-order chi connectivity index (χ0) is 16.4. The van der Waals surface area contributed by atoms with Gasteiger partial charge in [-0.25, -0.2) is 0 Å². The smallest absolute Gasteiger partial charge is 0.224 e. The van der Waals surface area contributed by atoms with Crippen LogP contribution in [0.15, 0.2) is 18.2 Å². The number of rotatable bonds is 10. The summed E-state index contributed by atoms with van der Waals surface area (Å²) in [5.74, 6) is 1.47. The number of carbonyl (C=O) groups excluding carboxylic acids is 1. The Morgan fingerprint density at radius 3 is 2.59 bits per heavy atom. The van der Waals surface area contributed by atoms with Gasteiger partial charge in [-0.05, 0) is 31.5 Å². The lowest BCUT2D eigenvalue weighted by Crippen LogP contribution is -2.33. The van der Waals surface area contributed by atoms with Gasteiger partial charge in [0.1, 0.15) is 11.5 Å². The van der Waals surface area contributed by atoms with Crippen molar-refractivity contribution in [2.24, 2.45) is 0 Å². The van der Waals surface area contributed by atoms with Gasteiger partial charge >= 0.3 is 0 Å². The van der Waals surface area contributed by atoms with Gasteiger partial charge in [-0.1, -0.05) is 32.6 Å². The molecule has 0 radical (unpaired) electrons. The highest BCUT2D eigenvalue weighted by Crippen LogP contribution is 2.24. The molecule has 1 unspecified atom stereocenters. The molecule has 1 aromatic rings. The fourth-order valence-corrected chi connectivity index (χ4v) is 2.47. The number of nitrogens with one attached hydrogen (secondary N) is 1. The third kappa shape index (κ3) is 6.37. The summed E-state index contributed by atoms with van der Waals surface area (Å²) in [5, 5.41) is 3.06. The first-order valence-electron chi connectivity index (χ1n) is 8.11. The third-order valence-electron chi connectivity index (χ3n) is 3.74. The van der Waals surface area contributed by atoms with Gasteiger partial charge in [0.2, 0.25) is 5.91 Å². The van der Waals surface area contributed by atoms with E-state index in [1.54, 1.807) is 14.2 Å². The molecule has 0 heterocycles. The van der Waals surface area contributed by atoms with Gasteiger partial charge in [0.25, 0.3) is 0 Å². The van der Waals surface area contributed by atoms with E-state index >= 15 is 0 Å². The summed E-state index contributed by atoms with van der Waals surface area (Å²) in [6.45, 7) is 4.26. The molecule has 4 nitrogen and oxygen atoms in total. The summed E-state index contributed by atoms with van der Waals surface area (Å²) >= 11 is 0. The first-order chi connectivity index (χ1) is 10.6. The molecular formula is C18H29NO3. The van der Waals surface area contributed by atoms with Crippen molar-refractivity contribution in [1.29, 1.82) is 0 Å². The van der Waals surface area contributed by atoms with Crippen LogP contribution in [-0.2, 0) is 11.2 Å². The average Bonchev–Trinajstić information content (AvgIpc) is 2.51. The molecule has 1 amide bonds. The van der Waals surface area contributed by atoms with Crippen molar-refractivity contribution < 1.29 is 14.3 Å². The topological polar surface area (TPSA) is 47.6 Å². The highest BCUT2D eigenvalue weighted by molar-refractivity contribution is 5.79. The summed E-state index contributed by atoms with van der Waals surface area (Å²) in [4.78, 5) is 12.2. The predicted molar refractivity (Wildman–Crippen MR) is 89.6 cm³/mol.